The van der Waals surface area contributed by atoms with E-state index in [0.717, 1.165) is 0 Å². The minimum Gasteiger partial charge on any atom is -0.394 e. The van der Waals surface area contributed by atoms with Gasteiger partial charge in [0.05, 0.1) is 25.3 Å². The molecule has 52 heavy (non-hydrogen) atoms. The van der Waals surface area contributed by atoms with Gasteiger partial charge in [0.1, 0.15) is 85.5 Å². The first kappa shape index (κ1) is 49.1. The van der Waals surface area contributed by atoms with Crippen molar-refractivity contribution in [2.45, 2.75) is 123 Å². The molecule has 24 heteroatoms. The van der Waals surface area contributed by atoms with Gasteiger partial charge in [-0.15, -0.1) is 0 Å². The topological polar surface area (TPSA) is 409 Å². The molecule has 0 aliphatic carbocycles. The van der Waals surface area contributed by atoms with E-state index in [1.165, 1.54) is 14.1 Å². The summed E-state index contributed by atoms with van der Waals surface area (Å²) in [6.07, 6.45) is -21.3. The summed E-state index contributed by atoms with van der Waals surface area (Å²) in [6, 6.07) is -1.48. The lowest BCUT2D eigenvalue weighted by Crippen LogP contribution is -2.62. The summed E-state index contributed by atoms with van der Waals surface area (Å²) in [5.74, 6) is 0. The fourth-order valence-electron chi connectivity index (χ4n) is 5.42. The monoisotopic (exact) mass is 772 g/mol. The third-order valence-corrected chi connectivity index (χ3v) is 8.65. The van der Waals surface area contributed by atoms with Gasteiger partial charge < -0.3 is 122 Å². The van der Waals surface area contributed by atoms with Crippen molar-refractivity contribution >= 4 is 0 Å². The van der Waals surface area contributed by atoms with E-state index in [0.29, 0.717) is 13.1 Å². The highest BCUT2D eigenvalue weighted by Gasteiger charge is 2.45. The van der Waals surface area contributed by atoms with Crippen molar-refractivity contribution in [3.05, 3.63) is 0 Å². The highest BCUT2D eigenvalue weighted by molar-refractivity contribution is 4.93. The molecule has 0 amide bonds. The van der Waals surface area contributed by atoms with Crippen LogP contribution < -0.4 is 21.3 Å². The largest absolute Gasteiger partial charge is 0.394 e. The van der Waals surface area contributed by atoms with Gasteiger partial charge in [-0.05, 0) is 28.2 Å². The number of hydrogen-bond acceptors (Lipinski definition) is 24. The molecule has 0 aromatic rings. The van der Waals surface area contributed by atoms with Crippen LogP contribution in [0.1, 0.15) is 0 Å². The second-order valence-electron chi connectivity index (χ2n) is 12.3. The zero-order valence-electron chi connectivity index (χ0n) is 29.2. The molecule has 4 aliphatic rings. The quantitative estimate of drug-likeness (QED) is 0.109. The smallest absolute Gasteiger partial charge is 0.184 e. The van der Waals surface area contributed by atoms with E-state index in [2.05, 4.69) is 21.3 Å². The molecule has 24 nitrogen and oxygen atoms in total. The lowest BCUT2D eigenvalue weighted by molar-refractivity contribution is -0.280. The second kappa shape index (κ2) is 23.8. The Morgan fingerprint density at radius 3 is 0.865 bits per heavy atom. The normalized spacial score (nSPS) is 46.4. The van der Waals surface area contributed by atoms with Crippen molar-refractivity contribution in [2.24, 2.45) is 0 Å². The van der Waals surface area contributed by atoms with Crippen molar-refractivity contribution in [1.29, 1.82) is 0 Å². The van der Waals surface area contributed by atoms with Gasteiger partial charge in [0.15, 0.2) is 25.2 Å². The van der Waals surface area contributed by atoms with E-state index in [4.69, 9.17) is 49.6 Å². The number of aliphatic hydroxyl groups is 16. The second-order valence-corrected chi connectivity index (χ2v) is 12.3. The van der Waals surface area contributed by atoms with Crippen LogP contribution in [0.25, 0.3) is 0 Å². The lowest BCUT2D eigenvalue weighted by atomic mass is 9.97. The van der Waals surface area contributed by atoms with Crippen LogP contribution in [0.2, 0.25) is 0 Å². The maximum atomic E-state index is 9.45. The zero-order chi connectivity index (χ0) is 40.0. The molecule has 4 heterocycles. The summed E-state index contributed by atoms with van der Waals surface area (Å²) in [5.41, 5.74) is 0. The van der Waals surface area contributed by atoms with Gasteiger partial charge in [-0.2, -0.15) is 0 Å². The lowest BCUT2D eigenvalue weighted by Gasteiger charge is -2.39. The molecular weight excluding hydrogens is 712 g/mol. The molecule has 0 aromatic heterocycles. The number of rotatable bonds is 8. The molecule has 20 N–H and O–H groups in total. The van der Waals surface area contributed by atoms with Gasteiger partial charge in [-0.3, -0.25) is 0 Å². The van der Waals surface area contributed by atoms with Crippen LogP contribution in [-0.2, 0) is 18.9 Å². The average molecular weight is 773 g/mol. The first-order valence-electron chi connectivity index (χ1n) is 16.4. The van der Waals surface area contributed by atoms with Crippen LogP contribution in [0.5, 0.6) is 0 Å². The third kappa shape index (κ3) is 13.1. The molecule has 0 saturated carbocycles. The molecule has 20 atom stereocenters. The van der Waals surface area contributed by atoms with Crippen molar-refractivity contribution in [2.75, 3.05) is 54.5 Å². The minimum absolute atomic E-state index is 0.294. The molecule has 0 aromatic carbocycles. The Labute approximate surface area is 299 Å². The average Bonchev–Trinajstić information content (AvgIpc) is 3.12. The molecule has 11 unspecified atom stereocenters. The molecule has 312 valence electrons. The third-order valence-electron chi connectivity index (χ3n) is 8.65. The Morgan fingerprint density at radius 1 is 0.346 bits per heavy atom. The van der Waals surface area contributed by atoms with Crippen LogP contribution >= 0.6 is 0 Å². The molecular formula is C28H60N4O20. The fraction of sp³-hybridized carbons (Fsp3) is 1.00. The first-order chi connectivity index (χ1) is 24.4. The number of likely N-dealkylation sites (N-methyl/N-ethyl adjacent to an activating group) is 4. The van der Waals surface area contributed by atoms with Gasteiger partial charge in [0, 0.05) is 13.1 Å². The number of ether oxygens (including phenoxy) is 4. The summed E-state index contributed by atoms with van der Waals surface area (Å²) in [5, 5.41) is 158. The molecule has 0 radical (unpaired) electrons. The highest BCUT2D eigenvalue weighted by Crippen LogP contribution is 2.22. The summed E-state index contributed by atoms with van der Waals surface area (Å²) < 4.78 is 19.4. The van der Waals surface area contributed by atoms with Crippen molar-refractivity contribution in [3.8, 4) is 0 Å². The van der Waals surface area contributed by atoms with E-state index >= 15 is 0 Å². The minimum atomic E-state index is -1.46. The summed E-state index contributed by atoms with van der Waals surface area (Å²) in [6.45, 7) is -0.290. The summed E-state index contributed by atoms with van der Waals surface area (Å²) >= 11 is 0. The van der Waals surface area contributed by atoms with E-state index in [9.17, 15) is 51.1 Å². The molecule has 0 bridgehead atoms. The van der Waals surface area contributed by atoms with Gasteiger partial charge in [0.25, 0.3) is 0 Å². The van der Waals surface area contributed by atoms with E-state index in [1.54, 1.807) is 14.1 Å². The van der Waals surface area contributed by atoms with Crippen LogP contribution in [0, 0.1) is 0 Å². The Hall–Kier alpha value is -0.960. The summed E-state index contributed by atoms with van der Waals surface area (Å²) in [4.78, 5) is 0. The van der Waals surface area contributed by atoms with Gasteiger partial charge >= 0.3 is 0 Å². The van der Waals surface area contributed by atoms with Gasteiger partial charge in [-0.1, -0.05) is 0 Å². The maximum absolute atomic E-state index is 9.45. The molecule has 4 fully saturated rings. The maximum Gasteiger partial charge on any atom is 0.184 e. The predicted octanol–water partition coefficient (Wildman–Crippen LogP) is -12.0. The summed E-state index contributed by atoms with van der Waals surface area (Å²) in [7, 11) is 6.37. The Morgan fingerprint density at radius 2 is 0.615 bits per heavy atom. The number of nitrogens with one attached hydrogen (secondary N) is 4. The Balaban J connectivity index is 0.000000347. The number of aliphatic hydroxyl groups excluding tert-OH is 16. The van der Waals surface area contributed by atoms with Crippen molar-refractivity contribution in [3.63, 3.8) is 0 Å². The van der Waals surface area contributed by atoms with E-state index in [1.807, 2.05) is 0 Å². The van der Waals surface area contributed by atoms with Crippen molar-refractivity contribution in [1.82, 2.24) is 21.3 Å². The van der Waals surface area contributed by atoms with Crippen LogP contribution in [-0.4, -0.2) is 259 Å². The van der Waals surface area contributed by atoms with E-state index in [-0.39, 0.29) is 0 Å². The molecule has 4 rings (SSSR count). The van der Waals surface area contributed by atoms with E-state index < -0.39 is 136 Å². The van der Waals surface area contributed by atoms with Gasteiger partial charge in [0.2, 0.25) is 0 Å². The first-order valence-corrected chi connectivity index (χ1v) is 16.4. The standard InChI is InChI=1S/4C7H15NO5/c2*1-8-4-6(11)5(10)3(2-9)13-7(4)12;2*1-8-2-3-4(9)5(10)6(11)7(12)13-3/h4*3-12H,2H2,1H3/t3?,4?,5-,6-,7?;3?,4-,5+,6?,7+;3?,4?,5-,6?,7+;3?,4-,5+,6?,7?/m1111/s1. The Kier molecular flexibility index (Phi) is 22.5. The van der Waals surface area contributed by atoms with Gasteiger partial charge in [-0.25, -0.2) is 0 Å². The molecule has 4 aliphatic heterocycles. The number of hydrogen-bond donors (Lipinski definition) is 20. The van der Waals surface area contributed by atoms with Crippen LogP contribution in [0.15, 0.2) is 0 Å². The fourth-order valence-corrected chi connectivity index (χ4v) is 5.42. The van der Waals surface area contributed by atoms with Crippen molar-refractivity contribution < 1.29 is 101 Å². The SMILES string of the molecule is CNC1C(O)OC(CO)[C@@H](O)[C@@H]1O.CNCC1OC(O)C(O)[C@@H](O)[C@@H]1O.CNCC1O[C@H](O)C(O)[C@H](O)C1O.CN[C@@H]1C(O)[C@@H](O)C(CO)O[C@@H]1O. The van der Waals surface area contributed by atoms with Crippen LogP contribution in [0.3, 0.4) is 0 Å². The zero-order valence-corrected chi connectivity index (χ0v) is 29.2. The van der Waals surface area contributed by atoms with Crippen LogP contribution in [0.4, 0.5) is 0 Å². The highest BCUT2D eigenvalue weighted by atomic mass is 16.7. The predicted molar refractivity (Wildman–Crippen MR) is 171 cm³/mol. The molecule has 4 saturated heterocycles. The molecule has 0 spiro atoms. The Bertz CT molecular complexity index is 872.